The third-order valence-corrected chi connectivity index (χ3v) is 7.55. The number of halogens is 1. The van der Waals surface area contributed by atoms with Crippen LogP contribution in [-0.4, -0.2) is 50.0 Å². The van der Waals surface area contributed by atoms with E-state index in [2.05, 4.69) is 27.9 Å². The number of carbonyl (C=O) groups is 2. The van der Waals surface area contributed by atoms with E-state index in [0.717, 1.165) is 25.3 Å². The van der Waals surface area contributed by atoms with Crippen LogP contribution in [0.4, 0.5) is 5.69 Å². The highest BCUT2D eigenvalue weighted by Gasteiger charge is 2.33. The van der Waals surface area contributed by atoms with Crippen LogP contribution in [0.1, 0.15) is 25.0 Å². The molecule has 0 aromatic heterocycles. The Morgan fingerprint density at radius 1 is 0.865 bits per heavy atom. The molecule has 0 unspecified atom stereocenters. The molecule has 3 aromatic rings. The molecule has 0 saturated heterocycles. The molecule has 3 aromatic carbocycles. The van der Waals surface area contributed by atoms with Crippen LogP contribution >= 0.6 is 22.6 Å². The van der Waals surface area contributed by atoms with Crippen molar-refractivity contribution in [3.05, 3.63) is 99.6 Å². The maximum absolute atomic E-state index is 13.9. The van der Waals surface area contributed by atoms with Crippen LogP contribution in [0.25, 0.3) is 0 Å². The second-order valence-corrected chi connectivity index (χ2v) is 12.3. The summed E-state index contributed by atoms with van der Waals surface area (Å²) in [5.74, 6) is -0.754. The van der Waals surface area contributed by atoms with Crippen LogP contribution in [0.2, 0.25) is 0 Å². The quantitative estimate of drug-likeness (QED) is 0.321. The zero-order chi connectivity index (χ0) is 27.0. The molecule has 3 rings (SSSR count). The Labute approximate surface area is 233 Å². The zero-order valence-corrected chi connectivity index (χ0v) is 24.1. The van der Waals surface area contributed by atoms with Gasteiger partial charge in [0.1, 0.15) is 12.6 Å². The van der Waals surface area contributed by atoms with Gasteiger partial charge < -0.3 is 10.2 Å². The van der Waals surface area contributed by atoms with Gasteiger partial charge in [0.25, 0.3) is 0 Å². The summed E-state index contributed by atoms with van der Waals surface area (Å²) in [6.45, 7) is 3.46. The third-order valence-electron chi connectivity index (χ3n) is 5.69. The summed E-state index contributed by atoms with van der Waals surface area (Å²) in [6, 6.07) is 24.8. The van der Waals surface area contributed by atoms with E-state index in [0.29, 0.717) is 12.1 Å². The Kier molecular flexibility index (Phi) is 10.1. The van der Waals surface area contributed by atoms with E-state index in [1.165, 1.54) is 4.90 Å². The molecule has 0 aliphatic heterocycles. The van der Waals surface area contributed by atoms with Gasteiger partial charge in [-0.25, -0.2) is 8.42 Å². The lowest BCUT2D eigenvalue weighted by atomic mass is 10.0. The van der Waals surface area contributed by atoms with Crippen LogP contribution in [-0.2, 0) is 32.6 Å². The maximum atomic E-state index is 13.9. The number of anilines is 1. The Hall–Kier alpha value is -2.92. The minimum Gasteiger partial charge on any atom is -0.352 e. The smallest absolute Gasteiger partial charge is 0.244 e. The van der Waals surface area contributed by atoms with Gasteiger partial charge in [0.15, 0.2) is 0 Å². The second-order valence-electron chi connectivity index (χ2n) is 9.12. The van der Waals surface area contributed by atoms with Crippen molar-refractivity contribution in [3.8, 4) is 0 Å². The molecular formula is C28H32IN3O4S. The van der Waals surface area contributed by atoms with Crippen LogP contribution in [0.5, 0.6) is 0 Å². The fourth-order valence-corrected chi connectivity index (χ4v) is 5.15. The fraction of sp³-hybridized carbons (Fsp3) is 0.286. The first-order chi connectivity index (χ1) is 17.5. The molecule has 0 aliphatic rings. The molecule has 196 valence electrons. The number of sulfonamides is 1. The molecule has 7 nitrogen and oxygen atoms in total. The highest BCUT2D eigenvalue weighted by molar-refractivity contribution is 14.1. The number of amides is 2. The predicted molar refractivity (Wildman–Crippen MR) is 156 cm³/mol. The van der Waals surface area contributed by atoms with Crippen molar-refractivity contribution in [2.45, 2.75) is 38.9 Å². The Balaban J connectivity index is 2.02. The van der Waals surface area contributed by atoms with Gasteiger partial charge >= 0.3 is 0 Å². The minimum absolute atomic E-state index is 0.126. The minimum atomic E-state index is -3.77. The van der Waals surface area contributed by atoms with Gasteiger partial charge in [-0.2, -0.15) is 0 Å². The molecule has 1 N–H and O–H groups in total. The van der Waals surface area contributed by atoms with Gasteiger partial charge in [-0.05, 0) is 71.8 Å². The topological polar surface area (TPSA) is 86.8 Å². The molecule has 0 heterocycles. The first-order valence-electron chi connectivity index (χ1n) is 12.0. The SMILES string of the molecule is CC(C)NC(=O)[C@@H](Cc1ccccc1)N(Cc1ccccc1)C(=O)CN(c1ccc(I)cc1)S(C)(=O)=O. The monoisotopic (exact) mass is 633 g/mol. The van der Waals surface area contributed by atoms with E-state index in [-0.39, 0.29) is 18.5 Å². The standard InChI is InChI=1S/C28H32IN3O4S/c1-21(2)30-28(34)26(18-22-10-6-4-7-11-22)31(19-23-12-8-5-9-13-23)27(33)20-32(37(3,35)36)25-16-14-24(29)15-17-25/h4-17,21,26H,18-20H2,1-3H3,(H,30,34)/t26-/m1/s1. The van der Waals surface area contributed by atoms with Crippen molar-refractivity contribution in [3.63, 3.8) is 0 Å². The molecule has 37 heavy (non-hydrogen) atoms. The Morgan fingerprint density at radius 3 is 1.92 bits per heavy atom. The summed E-state index contributed by atoms with van der Waals surface area (Å²) >= 11 is 2.14. The number of carbonyl (C=O) groups excluding carboxylic acids is 2. The predicted octanol–water partition coefficient (Wildman–Crippen LogP) is 4.22. The molecule has 0 aliphatic carbocycles. The molecular weight excluding hydrogens is 601 g/mol. The Bertz CT molecular complexity index is 1280. The van der Waals surface area contributed by atoms with Crippen molar-refractivity contribution in [1.29, 1.82) is 0 Å². The number of nitrogens with zero attached hydrogens (tertiary/aromatic N) is 2. The summed E-state index contributed by atoms with van der Waals surface area (Å²) in [4.78, 5) is 28.8. The molecule has 0 bridgehead atoms. The summed E-state index contributed by atoms with van der Waals surface area (Å²) in [5.41, 5.74) is 2.13. The van der Waals surface area contributed by atoms with Gasteiger partial charge in [0, 0.05) is 22.6 Å². The maximum Gasteiger partial charge on any atom is 0.244 e. The molecule has 9 heteroatoms. The molecule has 0 spiro atoms. The first kappa shape index (κ1) is 28.6. The van der Waals surface area contributed by atoms with E-state index in [1.807, 2.05) is 74.5 Å². The van der Waals surface area contributed by atoms with Gasteiger partial charge in [0.2, 0.25) is 21.8 Å². The number of nitrogens with one attached hydrogen (secondary N) is 1. The van der Waals surface area contributed by atoms with Crippen molar-refractivity contribution < 1.29 is 18.0 Å². The van der Waals surface area contributed by atoms with Crippen LogP contribution < -0.4 is 9.62 Å². The fourth-order valence-electron chi connectivity index (χ4n) is 3.94. The summed E-state index contributed by atoms with van der Waals surface area (Å²) < 4.78 is 27.5. The molecule has 0 fully saturated rings. The van der Waals surface area contributed by atoms with E-state index in [9.17, 15) is 18.0 Å². The van der Waals surface area contributed by atoms with E-state index in [4.69, 9.17) is 0 Å². The summed E-state index contributed by atoms with van der Waals surface area (Å²) in [7, 11) is -3.77. The Morgan fingerprint density at radius 2 is 1.41 bits per heavy atom. The van der Waals surface area contributed by atoms with Crippen LogP contribution in [0.3, 0.4) is 0 Å². The summed E-state index contributed by atoms with van der Waals surface area (Å²) in [5, 5.41) is 2.94. The van der Waals surface area contributed by atoms with Crippen LogP contribution in [0, 0.1) is 3.57 Å². The second kappa shape index (κ2) is 13.0. The van der Waals surface area contributed by atoms with Crippen LogP contribution in [0.15, 0.2) is 84.9 Å². The summed E-state index contributed by atoms with van der Waals surface area (Å²) in [6.07, 6.45) is 1.37. The normalized spacial score (nSPS) is 12.1. The number of rotatable bonds is 11. The molecule has 0 saturated carbocycles. The van der Waals surface area contributed by atoms with Gasteiger partial charge in [-0.3, -0.25) is 13.9 Å². The lowest BCUT2D eigenvalue weighted by Gasteiger charge is -2.34. The largest absolute Gasteiger partial charge is 0.352 e. The number of benzene rings is 3. The van der Waals surface area contributed by atoms with Crippen molar-refractivity contribution in [2.75, 3.05) is 17.1 Å². The van der Waals surface area contributed by atoms with E-state index < -0.39 is 28.5 Å². The molecule has 0 radical (unpaired) electrons. The van der Waals surface area contributed by atoms with E-state index >= 15 is 0 Å². The van der Waals surface area contributed by atoms with Crippen molar-refractivity contribution in [2.24, 2.45) is 0 Å². The average molecular weight is 634 g/mol. The van der Waals surface area contributed by atoms with Crippen molar-refractivity contribution >= 4 is 50.1 Å². The molecule has 2 amide bonds. The van der Waals surface area contributed by atoms with Gasteiger partial charge in [-0.15, -0.1) is 0 Å². The average Bonchev–Trinajstić information content (AvgIpc) is 2.85. The number of hydrogen-bond donors (Lipinski definition) is 1. The van der Waals surface area contributed by atoms with Gasteiger partial charge in [0.05, 0.1) is 11.9 Å². The first-order valence-corrected chi connectivity index (χ1v) is 14.9. The highest BCUT2D eigenvalue weighted by atomic mass is 127. The third kappa shape index (κ3) is 8.57. The highest BCUT2D eigenvalue weighted by Crippen LogP contribution is 2.21. The van der Waals surface area contributed by atoms with Crippen molar-refractivity contribution in [1.82, 2.24) is 10.2 Å². The number of hydrogen-bond acceptors (Lipinski definition) is 4. The zero-order valence-electron chi connectivity index (χ0n) is 21.2. The lowest BCUT2D eigenvalue weighted by molar-refractivity contribution is -0.140. The lowest BCUT2D eigenvalue weighted by Crippen LogP contribution is -2.54. The van der Waals surface area contributed by atoms with Gasteiger partial charge in [-0.1, -0.05) is 60.7 Å². The van der Waals surface area contributed by atoms with E-state index in [1.54, 1.807) is 24.3 Å². The molecule has 1 atom stereocenters.